The Balaban J connectivity index is 2.50. The summed E-state index contributed by atoms with van der Waals surface area (Å²) in [4.78, 5) is 11.6. The van der Waals surface area contributed by atoms with Gasteiger partial charge in [-0.2, -0.15) is 13.2 Å². The SMILES string of the molecule is O=C(NCCC(F)(F)F)NC(CCCO)c1ccccc1. The van der Waals surface area contributed by atoms with Crippen LogP contribution in [0.4, 0.5) is 18.0 Å². The van der Waals surface area contributed by atoms with Crippen LogP contribution < -0.4 is 10.6 Å². The molecule has 0 radical (unpaired) electrons. The van der Waals surface area contributed by atoms with Gasteiger partial charge in [-0.15, -0.1) is 0 Å². The number of hydrogen-bond acceptors (Lipinski definition) is 2. The fraction of sp³-hybridized carbons (Fsp3) is 0.500. The van der Waals surface area contributed by atoms with Crippen molar-refractivity contribution in [1.82, 2.24) is 10.6 Å². The maximum Gasteiger partial charge on any atom is 0.390 e. The first-order valence-electron chi connectivity index (χ1n) is 6.69. The monoisotopic (exact) mass is 304 g/mol. The molecule has 0 aliphatic rings. The van der Waals surface area contributed by atoms with Crippen LogP contribution in [0.25, 0.3) is 0 Å². The van der Waals surface area contributed by atoms with Gasteiger partial charge >= 0.3 is 12.2 Å². The summed E-state index contributed by atoms with van der Waals surface area (Å²) in [7, 11) is 0. The zero-order valence-electron chi connectivity index (χ0n) is 11.5. The fourth-order valence-electron chi connectivity index (χ4n) is 1.83. The highest BCUT2D eigenvalue weighted by Gasteiger charge is 2.26. The first-order chi connectivity index (χ1) is 9.92. The second kappa shape index (κ2) is 8.51. The Hall–Kier alpha value is -1.76. The number of hydrogen-bond donors (Lipinski definition) is 3. The van der Waals surface area contributed by atoms with Gasteiger partial charge in [0.15, 0.2) is 0 Å². The summed E-state index contributed by atoms with van der Waals surface area (Å²) in [5.74, 6) is 0. The van der Waals surface area contributed by atoms with Gasteiger partial charge in [0.1, 0.15) is 0 Å². The van der Waals surface area contributed by atoms with Crippen LogP contribution in [0.2, 0.25) is 0 Å². The third kappa shape index (κ3) is 7.55. The van der Waals surface area contributed by atoms with E-state index in [0.29, 0.717) is 12.8 Å². The lowest BCUT2D eigenvalue weighted by Gasteiger charge is -2.19. The summed E-state index contributed by atoms with van der Waals surface area (Å²) in [6.07, 6.45) is -4.36. The number of alkyl halides is 3. The summed E-state index contributed by atoms with van der Waals surface area (Å²) >= 11 is 0. The molecule has 118 valence electrons. The van der Waals surface area contributed by atoms with Crippen molar-refractivity contribution in [3.8, 4) is 0 Å². The number of halogens is 3. The number of benzene rings is 1. The van der Waals surface area contributed by atoms with Crippen molar-refractivity contribution in [2.45, 2.75) is 31.5 Å². The summed E-state index contributed by atoms with van der Waals surface area (Å²) in [6, 6.07) is 8.09. The Morgan fingerprint density at radius 2 is 1.90 bits per heavy atom. The van der Waals surface area contributed by atoms with Crippen LogP contribution in [0, 0.1) is 0 Å². The third-order valence-corrected chi connectivity index (χ3v) is 2.85. The average molecular weight is 304 g/mol. The molecule has 0 fully saturated rings. The number of carbonyl (C=O) groups excluding carboxylic acids is 1. The second-order valence-electron chi connectivity index (χ2n) is 4.59. The molecule has 1 aromatic carbocycles. The molecule has 0 aromatic heterocycles. The van der Waals surface area contributed by atoms with Gasteiger partial charge in [-0.3, -0.25) is 0 Å². The number of carbonyl (C=O) groups is 1. The van der Waals surface area contributed by atoms with Crippen LogP contribution >= 0.6 is 0 Å². The van der Waals surface area contributed by atoms with Crippen LogP contribution in [0.3, 0.4) is 0 Å². The lowest BCUT2D eigenvalue weighted by Crippen LogP contribution is -2.39. The molecule has 3 N–H and O–H groups in total. The van der Waals surface area contributed by atoms with E-state index in [1.54, 1.807) is 0 Å². The molecule has 0 saturated heterocycles. The molecule has 7 heteroatoms. The highest BCUT2D eigenvalue weighted by Crippen LogP contribution is 2.19. The number of aliphatic hydroxyl groups excluding tert-OH is 1. The van der Waals surface area contributed by atoms with Crippen LogP contribution in [0.15, 0.2) is 30.3 Å². The molecule has 1 atom stereocenters. The largest absolute Gasteiger partial charge is 0.396 e. The van der Waals surface area contributed by atoms with Crippen molar-refractivity contribution in [1.29, 1.82) is 0 Å². The molecule has 0 aliphatic carbocycles. The van der Waals surface area contributed by atoms with E-state index in [1.165, 1.54) is 0 Å². The van der Waals surface area contributed by atoms with Gasteiger partial charge in [-0.1, -0.05) is 30.3 Å². The van der Waals surface area contributed by atoms with Gasteiger partial charge in [0, 0.05) is 13.2 Å². The first kappa shape index (κ1) is 17.3. The van der Waals surface area contributed by atoms with Gasteiger partial charge < -0.3 is 15.7 Å². The minimum absolute atomic E-state index is 0.0132. The molecule has 0 spiro atoms. The van der Waals surface area contributed by atoms with Gasteiger partial charge in [0.25, 0.3) is 0 Å². The van der Waals surface area contributed by atoms with E-state index in [1.807, 2.05) is 30.3 Å². The Morgan fingerprint density at radius 1 is 1.24 bits per heavy atom. The topological polar surface area (TPSA) is 61.4 Å². The molecule has 1 rings (SSSR count). The van der Waals surface area contributed by atoms with E-state index in [2.05, 4.69) is 10.6 Å². The number of aliphatic hydroxyl groups is 1. The van der Waals surface area contributed by atoms with Crippen LogP contribution in [-0.4, -0.2) is 30.5 Å². The predicted octanol–water partition coefficient (Wildman–Crippen LogP) is 2.75. The van der Waals surface area contributed by atoms with Crippen molar-refractivity contribution >= 4 is 6.03 Å². The highest BCUT2D eigenvalue weighted by molar-refractivity contribution is 5.74. The molecule has 0 saturated carbocycles. The molecular weight excluding hydrogens is 285 g/mol. The van der Waals surface area contributed by atoms with Gasteiger partial charge in [0.05, 0.1) is 12.5 Å². The third-order valence-electron chi connectivity index (χ3n) is 2.85. The number of rotatable bonds is 7. The van der Waals surface area contributed by atoms with E-state index in [0.717, 1.165) is 5.56 Å². The lowest BCUT2D eigenvalue weighted by molar-refractivity contribution is -0.132. The Kier molecular flexibility index (Phi) is 7.01. The van der Waals surface area contributed by atoms with E-state index >= 15 is 0 Å². The molecule has 1 aromatic rings. The molecule has 0 bridgehead atoms. The van der Waals surface area contributed by atoms with Crippen LogP contribution in [0.5, 0.6) is 0 Å². The molecule has 0 heterocycles. The standard InChI is InChI=1S/C14H19F3N2O2/c15-14(16,17)8-9-18-13(21)19-12(7-4-10-20)11-5-2-1-3-6-11/h1-3,5-6,12,20H,4,7-10H2,(H2,18,19,21). The van der Waals surface area contributed by atoms with E-state index in [-0.39, 0.29) is 12.6 Å². The highest BCUT2D eigenvalue weighted by atomic mass is 19.4. The average Bonchev–Trinajstić information content (AvgIpc) is 2.43. The Labute approximate surface area is 121 Å². The number of urea groups is 1. The molecular formula is C14H19F3N2O2. The predicted molar refractivity (Wildman–Crippen MR) is 72.7 cm³/mol. The number of amides is 2. The molecule has 4 nitrogen and oxygen atoms in total. The zero-order valence-corrected chi connectivity index (χ0v) is 11.5. The molecule has 1 unspecified atom stereocenters. The van der Waals surface area contributed by atoms with Crippen molar-refractivity contribution in [2.75, 3.05) is 13.2 Å². The van der Waals surface area contributed by atoms with Gasteiger partial charge in [-0.25, -0.2) is 4.79 Å². The Bertz CT molecular complexity index is 424. The maximum absolute atomic E-state index is 12.0. The smallest absolute Gasteiger partial charge is 0.390 e. The summed E-state index contributed by atoms with van der Waals surface area (Å²) < 4.78 is 36.0. The quantitative estimate of drug-likeness (QED) is 0.725. The van der Waals surface area contributed by atoms with Crippen molar-refractivity contribution < 1.29 is 23.1 Å². The van der Waals surface area contributed by atoms with Crippen molar-refractivity contribution in [3.05, 3.63) is 35.9 Å². The van der Waals surface area contributed by atoms with E-state index < -0.39 is 25.2 Å². The van der Waals surface area contributed by atoms with Crippen LogP contribution in [0.1, 0.15) is 30.9 Å². The lowest BCUT2D eigenvalue weighted by atomic mass is 10.0. The summed E-state index contributed by atoms with van der Waals surface area (Å²) in [5.41, 5.74) is 0.844. The van der Waals surface area contributed by atoms with Gasteiger partial charge in [-0.05, 0) is 18.4 Å². The molecule has 21 heavy (non-hydrogen) atoms. The van der Waals surface area contributed by atoms with Gasteiger partial charge in [0.2, 0.25) is 0 Å². The maximum atomic E-state index is 12.0. The summed E-state index contributed by atoms with van der Waals surface area (Å²) in [6.45, 7) is -0.475. The van der Waals surface area contributed by atoms with E-state index in [4.69, 9.17) is 5.11 Å². The molecule has 2 amide bonds. The Morgan fingerprint density at radius 3 is 2.48 bits per heavy atom. The summed E-state index contributed by atoms with van der Waals surface area (Å²) in [5, 5.41) is 13.7. The van der Waals surface area contributed by atoms with Crippen molar-refractivity contribution in [3.63, 3.8) is 0 Å². The number of nitrogens with one attached hydrogen (secondary N) is 2. The fourth-order valence-corrected chi connectivity index (χ4v) is 1.83. The molecule has 0 aliphatic heterocycles. The minimum atomic E-state index is -4.29. The van der Waals surface area contributed by atoms with Crippen molar-refractivity contribution in [2.24, 2.45) is 0 Å². The first-order valence-corrected chi connectivity index (χ1v) is 6.69. The minimum Gasteiger partial charge on any atom is -0.396 e. The van der Waals surface area contributed by atoms with Crippen LogP contribution in [-0.2, 0) is 0 Å². The van der Waals surface area contributed by atoms with E-state index in [9.17, 15) is 18.0 Å². The zero-order chi connectivity index (χ0) is 15.7. The second-order valence-corrected chi connectivity index (χ2v) is 4.59. The normalized spacial score (nSPS) is 12.8.